The van der Waals surface area contributed by atoms with E-state index in [0.717, 1.165) is 5.56 Å². The van der Waals surface area contributed by atoms with Crippen molar-refractivity contribution in [2.45, 2.75) is 13.5 Å². The Kier molecular flexibility index (Phi) is 2.80. The Labute approximate surface area is 65.4 Å². The predicted molar refractivity (Wildman–Crippen MR) is 41.8 cm³/mol. The van der Waals surface area contributed by atoms with E-state index in [1.54, 1.807) is 12.4 Å². The normalized spacial score (nSPS) is 9.91. The van der Waals surface area contributed by atoms with Crippen LogP contribution in [0.15, 0.2) is 12.4 Å². The van der Waals surface area contributed by atoms with E-state index in [1.165, 1.54) is 0 Å². The van der Waals surface area contributed by atoms with E-state index in [0.29, 0.717) is 19.2 Å². The van der Waals surface area contributed by atoms with Crippen LogP contribution >= 0.6 is 0 Å². The van der Waals surface area contributed by atoms with Gasteiger partial charge in [0.2, 0.25) is 5.95 Å². The molecule has 4 heteroatoms. The highest BCUT2D eigenvalue weighted by Crippen LogP contribution is 1.98. The van der Waals surface area contributed by atoms with Gasteiger partial charge in [-0.15, -0.1) is 0 Å². The molecule has 1 rings (SSSR count). The summed E-state index contributed by atoms with van der Waals surface area (Å²) in [5.74, 6) is 0.297. The number of nitrogens with two attached hydrogens (primary N) is 1. The molecule has 0 atom stereocenters. The van der Waals surface area contributed by atoms with E-state index in [9.17, 15) is 0 Å². The van der Waals surface area contributed by atoms with E-state index in [4.69, 9.17) is 10.5 Å². The van der Waals surface area contributed by atoms with Crippen LogP contribution in [-0.4, -0.2) is 16.6 Å². The second-order valence-corrected chi connectivity index (χ2v) is 2.09. The topological polar surface area (TPSA) is 61.0 Å². The summed E-state index contributed by atoms with van der Waals surface area (Å²) in [5, 5.41) is 0. The van der Waals surface area contributed by atoms with E-state index < -0.39 is 0 Å². The highest BCUT2D eigenvalue weighted by Gasteiger charge is 1.92. The van der Waals surface area contributed by atoms with Gasteiger partial charge in [-0.25, -0.2) is 9.97 Å². The molecule has 0 saturated carbocycles. The molecule has 4 nitrogen and oxygen atoms in total. The van der Waals surface area contributed by atoms with Crippen molar-refractivity contribution in [3.8, 4) is 0 Å². The minimum absolute atomic E-state index is 0.297. The number of aromatic nitrogens is 2. The number of hydrogen-bond donors (Lipinski definition) is 1. The number of nitrogens with zero attached hydrogens (tertiary/aromatic N) is 2. The molecule has 0 aromatic carbocycles. The van der Waals surface area contributed by atoms with Gasteiger partial charge in [0.15, 0.2) is 0 Å². The summed E-state index contributed by atoms with van der Waals surface area (Å²) in [4.78, 5) is 7.64. The molecule has 1 aromatic rings. The average Bonchev–Trinajstić information content (AvgIpc) is 2.04. The van der Waals surface area contributed by atoms with Crippen LogP contribution in [0.3, 0.4) is 0 Å². The Morgan fingerprint density at radius 3 is 2.64 bits per heavy atom. The van der Waals surface area contributed by atoms with Gasteiger partial charge in [-0.1, -0.05) is 0 Å². The summed E-state index contributed by atoms with van der Waals surface area (Å²) in [7, 11) is 0. The summed E-state index contributed by atoms with van der Waals surface area (Å²) in [6.45, 7) is 3.19. The Bertz CT molecular complexity index is 209. The van der Waals surface area contributed by atoms with Crippen LogP contribution in [-0.2, 0) is 11.3 Å². The quantitative estimate of drug-likeness (QED) is 0.690. The van der Waals surface area contributed by atoms with Gasteiger partial charge >= 0.3 is 0 Å². The molecule has 0 unspecified atom stereocenters. The standard InChI is InChI=1S/C7H11N3O/c1-2-11-5-6-3-9-7(8)10-4-6/h3-4H,2,5H2,1H3,(H2,8,9,10). The van der Waals surface area contributed by atoms with Crippen molar-refractivity contribution >= 4 is 5.95 Å². The molecule has 0 radical (unpaired) electrons. The van der Waals surface area contributed by atoms with Crippen molar-refractivity contribution in [3.05, 3.63) is 18.0 Å². The van der Waals surface area contributed by atoms with Crippen LogP contribution in [0.5, 0.6) is 0 Å². The monoisotopic (exact) mass is 153 g/mol. The highest BCUT2D eigenvalue weighted by molar-refractivity contribution is 5.16. The van der Waals surface area contributed by atoms with Crippen LogP contribution in [0.1, 0.15) is 12.5 Å². The fourth-order valence-electron chi connectivity index (χ4n) is 0.659. The molecule has 60 valence electrons. The van der Waals surface area contributed by atoms with Gasteiger partial charge in [-0.05, 0) is 6.92 Å². The average molecular weight is 153 g/mol. The lowest BCUT2D eigenvalue weighted by molar-refractivity contribution is 0.133. The van der Waals surface area contributed by atoms with Crippen LogP contribution in [0, 0.1) is 0 Å². The van der Waals surface area contributed by atoms with Crippen LogP contribution in [0.4, 0.5) is 5.95 Å². The van der Waals surface area contributed by atoms with Gasteiger partial charge in [-0.2, -0.15) is 0 Å². The third-order valence-corrected chi connectivity index (χ3v) is 1.20. The molecule has 0 saturated heterocycles. The maximum absolute atomic E-state index is 5.29. The first-order chi connectivity index (χ1) is 5.33. The molecule has 0 amide bonds. The molecule has 0 bridgehead atoms. The van der Waals surface area contributed by atoms with Gasteiger partial charge in [0.1, 0.15) is 0 Å². The van der Waals surface area contributed by atoms with Crippen molar-refractivity contribution in [3.63, 3.8) is 0 Å². The second kappa shape index (κ2) is 3.88. The molecule has 0 fully saturated rings. The van der Waals surface area contributed by atoms with Crippen LogP contribution < -0.4 is 5.73 Å². The number of ether oxygens (including phenoxy) is 1. The SMILES string of the molecule is CCOCc1cnc(N)nc1. The second-order valence-electron chi connectivity index (χ2n) is 2.09. The summed E-state index contributed by atoms with van der Waals surface area (Å²) in [6, 6.07) is 0. The van der Waals surface area contributed by atoms with E-state index in [-0.39, 0.29) is 0 Å². The number of hydrogen-bond acceptors (Lipinski definition) is 4. The lowest BCUT2D eigenvalue weighted by atomic mass is 10.4. The Hall–Kier alpha value is -1.16. The molecular weight excluding hydrogens is 142 g/mol. The van der Waals surface area contributed by atoms with E-state index in [1.807, 2.05) is 6.92 Å². The number of nitrogen functional groups attached to an aromatic ring is 1. The number of anilines is 1. The molecule has 0 spiro atoms. The largest absolute Gasteiger partial charge is 0.377 e. The third kappa shape index (κ3) is 2.51. The maximum Gasteiger partial charge on any atom is 0.219 e. The summed E-state index contributed by atoms with van der Waals surface area (Å²) >= 11 is 0. The van der Waals surface area contributed by atoms with Crippen molar-refractivity contribution in [1.29, 1.82) is 0 Å². The minimum atomic E-state index is 0.297. The highest BCUT2D eigenvalue weighted by atomic mass is 16.5. The first kappa shape index (κ1) is 7.94. The van der Waals surface area contributed by atoms with Gasteiger partial charge in [0.05, 0.1) is 6.61 Å². The minimum Gasteiger partial charge on any atom is -0.377 e. The van der Waals surface area contributed by atoms with Gasteiger partial charge < -0.3 is 10.5 Å². The summed E-state index contributed by atoms with van der Waals surface area (Å²) in [5.41, 5.74) is 6.24. The predicted octanol–water partition coefficient (Wildman–Crippen LogP) is 0.595. The van der Waals surface area contributed by atoms with Crippen molar-refractivity contribution < 1.29 is 4.74 Å². The van der Waals surface area contributed by atoms with Crippen molar-refractivity contribution in [1.82, 2.24) is 9.97 Å². The van der Waals surface area contributed by atoms with Crippen molar-refractivity contribution in [2.75, 3.05) is 12.3 Å². The zero-order valence-corrected chi connectivity index (χ0v) is 6.45. The molecule has 1 heterocycles. The van der Waals surface area contributed by atoms with Crippen molar-refractivity contribution in [2.24, 2.45) is 0 Å². The Morgan fingerprint density at radius 2 is 2.09 bits per heavy atom. The third-order valence-electron chi connectivity index (χ3n) is 1.20. The first-order valence-electron chi connectivity index (χ1n) is 3.47. The molecule has 0 aliphatic carbocycles. The molecule has 11 heavy (non-hydrogen) atoms. The smallest absolute Gasteiger partial charge is 0.219 e. The Balaban J connectivity index is 2.52. The summed E-state index contributed by atoms with van der Waals surface area (Å²) in [6.07, 6.45) is 3.33. The molecule has 1 aromatic heterocycles. The lowest BCUT2D eigenvalue weighted by Crippen LogP contribution is -1.97. The lowest BCUT2D eigenvalue weighted by Gasteiger charge is -1.99. The zero-order valence-electron chi connectivity index (χ0n) is 6.45. The fourth-order valence-corrected chi connectivity index (χ4v) is 0.659. The Morgan fingerprint density at radius 1 is 1.45 bits per heavy atom. The zero-order chi connectivity index (χ0) is 8.10. The maximum atomic E-state index is 5.29. The van der Waals surface area contributed by atoms with Gasteiger partial charge in [-0.3, -0.25) is 0 Å². The van der Waals surface area contributed by atoms with Gasteiger partial charge in [0, 0.05) is 24.6 Å². The molecule has 2 N–H and O–H groups in total. The summed E-state index contributed by atoms with van der Waals surface area (Å²) < 4.78 is 5.14. The first-order valence-corrected chi connectivity index (χ1v) is 3.47. The van der Waals surface area contributed by atoms with Crippen LogP contribution in [0.25, 0.3) is 0 Å². The molecule has 0 aliphatic heterocycles. The molecular formula is C7H11N3O. The molecule has 0 aliphatic rings. The van der Waals surface area contributed by atoms with Crippen LogP contribution in [0.2, 0.25) is 0 Å². The van der Waals surface area contributed by atoms with Gasteiger partial charge in [0.25, 0.3) is 0 Å². The van der Waals surface area contributed by atoms with E-state index >= 15 is 0 Å². The van der Waals surface area contributed by atoms with E-state index in [2.05, 4.69) is 9.97 Å². The number of rotatable bonds is 3. The fraction of sp³-hybridized carbons (Fsp3) is 0.429.